The minimum atomic E-state index is -0.752. The number of benzene rings is 1. The van der Waals surface area contributed by atoms with E-state index in [-0.39, 0.29) is 11.5 Å². The lowest BCUT2D eigenvalue weighted by Gasteiger charge is -2.44. The van der Waals surface area contributed by atoms with Gasteiger partial charge in [0.1, 0.15) is 0 Å². The molecule has 0 amide bonds. The average Bonchev–Trinajstić information content (AvgIpc) is 2.87. The molecule has 2 aliphatic heterocycles. The van der Waals surface area contributed by atoms with Crippen LogP contribution >= 0.6 is 11.8 Å². The van der Waals surface area contributed by atoms with Crippen LogP contribution in [0.3, 0.4) is 0 Å². The van der Waals surface area contributed by atoms with E-state index in [4.69, 9.17) is 4.74 Å². The quantitative estimate of drug-likeness (QED) is 0.904. The molecular weight excluding hydrogens is 268 g/mol. The molecule has 0 saturated carbocycles. The van der Waals surface area contributed by atoms with E-state index in [1.165, 1.54) is 11.3 Å². The number of hydrogen-bond donors (Lipinski definition) is 1. The standard InChI is InChI=1S/C17H24O2S/c1-13-3-5-14(6-4-13)16(2,18)15-7-9-19-17(11-15)8-10-20-12-17/h3-6,15,18H,7-12H2,1-2H3. The second-order valence-electron chi connectivity index (χ2n) is 6.54. The summed E-state index contributed by atoms with van der Waals surface area (Å²) < 4.78 is 6.07. The molecule has 0 bridgehead atoms. The van der Waals surface area contributed by atoms with Gasteiger partial charge in [-0.15, -0.1) is 0 Å². The summed E-state index contributed by atoms with van der Waals surface area (Å²) in [6, 6.07) is 8.32. The molecule has 1 aromatic carbocycles. The van der Waals surface area contributed by atoms with Gasteiger partial charge in [-0.3, -0.25) is 0 Å². The molecule has 2 aliphatic rings. The Hall–Kier alpha value is -0.510. The van der Waals surface area contributed by atoms with Crippen LogP contribution in [-0.4, -0.2) is 28.8 Å². The summed E-state index contributed by atoms with van der Waals surface area (Å²) in [5.74, 6) is 2.57. The van der Waals surface area contributed by atoms with Gasteiger partial charge in [-0.1, -0.05) is 29.8 Å². The molecule has 2 heterocycles. The first-order valence-electron chi connectivity index (χ1n) is 7.53. The summed E-state index contributed by atoms with van der Waals surface area (Å²) >= 11 is 1.98. The predicted molar refractivity (Wildman–Crippen MR) is 84.1 cm³/mol. The van der Waals surface area contributed by atoms with E-state index in [1.807, 2.05) is 18.7 Å². The van der Waals surface area contributed by atoms with E-state index in [2.05, 4.69) is 31.2 Å². The number of ether oxygens (including phenoxy) is 1. The minimum Gasteiger partial charge on any atom is -0.385 e. The minimum absolute atomic E-state index is 0.0300. The highest BCUT2D eigenvalue weighted by Gasteiger charge is 2.46. The zero-order valence-electron chi connectivity index (χ0n) is 12.4. The van der Waals surface area contributed by atoms with Crippen LogP contribution in [-0.2, 0) is 10.3 Å². The van der Waals surface area contributed by atoms with E-state index in [0.717, 1.165) is 37.2 Å². The van der Waals surface area contributed by atoms with Crippen molar-refractivity contribution in [3.63, 3.8) is 0 Å². The van der Waals surface area contributed by atoms with Crippen LogP contribution in [0.5, 0.6) is 0 Å². The van der Waals surface area contributed by atoms with Crippen LogP contribution < -0.4 is 0 Å². The number of aryl methyl sites for hydroxylation is 1. The zero-order valence-corrected chi connectivity index (χ0v) is 13.2. The van der Waals surface area contributed by atoms with Gasteiger partial charge in [-0.25, -0.2) is 0 Å². The fourth-order valence-corrected chi connectivity index (χ4v) is 4.88. The molecule has 2 nitrogen and oxygen atoms in total. The molecule has 1 N–H and O–H groups in total. The van der Waals surface area contributed by atoms with E-state index in [1.54, 1.807) is 0 Å². The number of aliphatic hydroxyl groups is 1. The van der Waals surface area contributed by atoms with Crippen molar-refractivity contribution >= 4 is 11.8 Å². The first kappa shape index (κ1) is 14.4. The third-order valence-corrected chi connectivity index (χ3v) is 6.21. The van der Waals surface area contributed by atoms with E-state index in [0.29, 0.717) is 0 Å². The van der Waals surface area contributed by atoms with Gasteiger partial charge in [0, 0.05) is 12.4 Å². The maximum atomic E-state index is 11.1. The molecule has 2 saturated heterocycles. The Morgan fingerprint density at radius 3 is 2.75 bits per heavy atom. The normalized spacial score (nSPS) is 33.2. The topological polar surface area (TPSA) is 29.5 Å². The second-order valence-corrected chi connectivity index (χ2v) is 7.64. The van der Waals surface area contributed by atoms with Crippen molar-refractivity contribution in [2.24, 2.45) is 5.92 Å². The summed E-state index contributed by atoms with van der Waals surface area (Å²) in [6.45, 7) is 4.84. The van der Waals surface area contributed by atoms with Gasteiger partial charge in [-0.2, -0.15) is 11.8 Å². The summed E-state index contributed by atoms with van der Waals surface area (Å²) in [4.78, 5) is 0. The summed E-state index contributed by atoms with van der Waals surface area (Å²) in [6.07, 6.45) is 3.08. The molecule has 1 spiro atoms. The van der Waals surface area contributed by atoms with Gasteiger partial charge in [0.15, 0.2) is 0 Å². The molecule has 3 atom stereocenters. The Morgan fingerprint density at radius 1 is 1.35 bits per heavy atom. The molecule has 2 fully saturated rings. The SMILES string of the molecule is Cc1ccc(C(C)(O)C2CCOC3(CCSC3)C2)cc1. The average molecular weight is 292 g/mol. The smallest absolute Gasteiger partial charge is 0.0898 e. The Morgan fingerprint density at radius 2 is 2.10 bits per heavy atom. The van der Waals surface area contributed by atoms with Crippen LogP contribution in [0.25, 0.3) is 0 Å². The summed E-state index contributed by atoms with van der Waals surface area (Å²) in [5.41, 5.74) is 1.55. The lowest BCUT2D eigenvalue weighted by molar-refractivity contribution is -0.129. The fraction of sp³-hybridized carbons (Fsp3) is 0.647. The molecule has 3 heteroatoms. The van der Waals surface area contributed by atoms with Gasteiger partial charge in [0.05, 0.1) is 11.2 Å². The Kier molecular flexibility index (Phi) is 3.87. The first-order valence-corrected chi connectivity index (χ1v) is 8.69. The maximum absolute atomic E-state index is 11.1. The summed E-state index contributed by atoms with van der Waals surface area (Å²) in [7, 11) is 0. The number of hydrogen-bond acceptors (Lipinski definition) is 3. The number of thioether (sulfide) groups is 1. The van der Waals surface area contributed by atoms with Gasteiger partial charge < -0.3 is 9.84 Å². The highest BCUT2D eigenvalue weighted by atomic mass is 32.2. The Labute approximate surface area is 125 Å². The number of rotatable bonds is 2. The molecule has 1 aromatic rings. The van der Waals surface area contributed by atoms with E-state index >= 15 is 0 Å². The maximum Gasteiger partial charge on any atom is 0.0898 e. The Bertz CT molecular complexity index is 460. The molecule has 3 unspecified atom stereocenters. The monoisotopic (exact) mass is 292 g/mol. The highest BCUT2D eigenvalue weighted by Crippen LogP contribution is 2.46. The van der Waals surface area contributed by atoms with Crippen molar-refractivity contribution in [3.8, 4) is 0 Å². The van der Waals surface area contributed by atoms with Gasteiger partial charge >= 0.3 is 0 Å². The molecule has 0 aromatic heterocycles. The second kappa shape index (κ2) is 5.36. The van der Waals surface area contributed by atoms with Crippen molar-refractivity contribution in [1.29, 1.82) is 0 Å². The van der Waals surface area contributed by atoms with Gasteiger partial charge in [-0.05, 0) is 50.3 Å². The fourth-order valence-electron chi connectivity index (χ4n) is 3.50. The third-order valence-electron chi connectivity index (χ3n) is 4.99. The largest absolute Gasteiger partial charge is 0.385 e. The van der Waals surface area contributed by atoms with Crippen molar-refractivity contribution in [1.82, 2.24) is 0 Å². The molecule has 0 radical (unpaired) electrons. The van der Waals surface area contributed by atoms with Gasteiger partial charge in [0.2, 0.25) is 0 Å². The van der Waals surface area contributed by atoms with Crippen LogP contribution in [0.1, 0.15) is 37.3 Å². The van der Waals surface area contributed by atoms with E-state index in [9.17, 15) is 5.11 Å². The lowest BCUT2D eigenvalue weighted by atomic mass is 9.73. The van der Waals surface area contributed by atoms with Crippen molar-refractivity contribution in [3.05, 3.63) is 35.4 Å². The van der Waals surface area contributed by atoms with Gasteiger partial charge in [0.25, 0.3) is 0 Å². The molecule has 20 heavy (non-hydrogen) atoms. The van der Waals surface area contributed by atoms with Crippen molar-refractivity contribution < 1.29 is 9.84 Å². The highest BCUT2D eigenvalue weighted by molar-refractivity contribution is 7.99. The predicted octanol–water partition coefficient (Wildman–Crippen LogP) is 3.50. The zero-order chi connectivity index (χ0) is 14.2. The molecular formula is C17H24O2S. The Balaban J connectivity index is 1.81. The first-order chi connectivity index (χ1) is 9.52. The molecule has 0 aliphatic carbocycles. The third kappa shape index (κ3) is 2.63. The van der Waals surface area contributed by atoms with Crippen LogP contribution in [0.4, 0.5) is 0 Å². The van der Waals surface area contributed by atoms with Crippen LogP contribution in [0.15, 0.2) is 24.3 Å². The van der Waals surface area contributed by atoms with Crippen LogP contribution in [0, 0.1) is 12.8 Å². The molecule has 3 rings (SSSR count). The summed E-state index contributed by atoms with van der Waals surface area (Å²) in [5, 5.41) is 11.1. The van der Waals surface area contributed by atoms with E-state index < -0.39 is 5.60 Å². The van der Waals surface area contributed by atoms with Crippen molar-refractivity contribution in [2.45, 2.75) is 44.3 Å². The van der Waals surface area contributed by atoms with Crippen LogP contribution in [0.2, 0.25) is 0 Å². The van der Waals surface area contributed by atoms with Crippen molar-refractivity contribution in [2.75, 3.05) is 18.1 Å². The molecule has 110 valence electrons. The lowest BCUT2D eigenvalue weighted by Crippen LogP contribution is -2.46.